The second kappa shape index (κ2) is 4.76. The van der Waals surface area contributed by atoms with E-state index in [0.29, 0.717) is 39.3 Å². The third-order valence-corrected chi connectivity index (χ3v) is 4.65. The minimum absolute atomic E-state index is 0.0486. The van der Waals surface area contributed by atoms with Crippen LogP contribution in [0.25, 0.3) is 0 Å². The Bertz CT molecular complexity index is 392. The first-order chi connectivity index (χ1) is 9.13. The molecule has 3 atom stereocenters. The number of rotatable bonds is 2. The highest BCUT2D eigenvalue weighted by Gasteiger charge is 2.55. The lowest BCUT2D eigenvalue weighted by atomic mass is 9.74. The smallest absolute Gasteiger partial charge is 0.311 e. The normalized spacial score (nSPS) is 38.2. The molecule has 3 aliphatic heterocycles. The van der Waals surface area contributed by atoms with E-state index in [1.54, 1.807) is 4.90 Å². The number of amides is 1. The Morgan fingerprint density at radius 1 is 1.32 bits per heavy atom. The summed E-state index contributed by atoms with van der Waals surface area (Å²) in [4.78, 5) is 25.6. The van der Waals surface area contributed by atoms with E-state index in [-0.39, 0.29) is 17.9 Å². The molecule has 0 bridgehead atoms. The number of aliphatic carboxylic acids is 1. The third-order valence-electron chi connectivity index (χ3n) is 4.65. The minimum atomic E-state index is -0.813. The molecule has 0 radical (unpaired) electrons. The molecular formula is C13H19NO5. The zero-order valence-electron chi connectivity index (χ0n) is 10.8. The molecule has 3 heterocycles. The number of carboxylic acid groups (broad SMARTS) is 1. The van der Waals surface area contributed by atoms with Crippen LogP contribution in [0, 0.1) is 11.3 Å². The van der Waals surface area contributed by atoms with Crippen molar-refractivity contribution >= 4 is 11.9 Å². The van der Waals surface area contributed by atoms with Gasteiger partial charge in [0.25, 0.3) is 5.91 Å². The molecule has 1 N–H and O–H groups in total. The molecule has 0 aliphatic carbocycles. The van der Waals surface area contributed by atoms with E-state index in [4.69, 9.17) is 9.47 Å². The van der Waals surface area contributed by atoms with Gasteiger partial charge in [0.05, 0.1) is 12.0 Å². The lowest BCUT2D eigenvalue weighted by Gasteiger charge is -2.33. The molecule has 0 aromatic rings. The number of nitrogens with zero attached hydrogens (tertiary/aromatic N) is 1. The van der Waals surface area contributed by atoms with Gasteiger partial charge in [-0.05, 0) is 19.3 Å². The molecule has 0 saturated carbocycles. The fourth-order valence-electron chi connectivity index (χ4n) is 3.44. The van der Waals surface area contributed by atoms with E-state index in [0.717, 1.165) is 12.8 Å². The molecule has 1 amide bonds. The number of likely N-dealkylation sites (tertiary alicyclic amines) is 1. The summed E-state index contributed by atoms with van der Waals surface area (Å²) < 4.78 is 10.8. The van der Waals surface area contributed by atoms with Gasteiger partial charge in [-0.25, -0.2) is 0 Å². The molecule has 0 aromatic heterocycles. The summed E-state index contributed by atoms with van der Waals surface area (Å²) in [6, 6.07) is 0. The molecule has 3 fully saturated rings. The fraction of sp³-hybridized carbons (Fsp3) is 0.846. The highest BCUT2D eigenvalue weighted by atomic mass is 16.5. The van der Waals surface area contributed by atoms with Gasteiger partial charge in [-0.15, -0.1) is 0 Å². The van der Waals surface area contributed by atoms with Crippen molar-refractivity contribution in [3.05, 3.63) is 0 Å². The first-order valence-electron chi connectivity index (χ1n) is 6.85. The first-order valence-corrected chi connectivity index (χ1v) is 6.85. The third kappa shape index (κ3) is 2.03. The van der Waals surface area contributed by atoms with Gasteiger partial charge in [-0.1, -0.05) is 0 Å². The standard InChI is InChI=1S/C13H19NO5/c15-11(10-2-1-4-19-10)14-6-9-7-18-5-3-13(9,8-14)12(16)17/h9-10H,1-8H2,(H,16,17)/t9-,10-,13+/m0/s1. The average Bonchev–Trinajstić information content (AvgIpc) is 3.05. The fourth-order valence-corrected chi connectivity index (χ4v) is 3.44. The highest BCUT2D eigenvalue weighted by molar-refractivity contribution is 5.84. The van der Waals surface area contributed by atoms with Gasteiger partial charge in [0.1, 0.15) is 6.10 Å². The monoisotopic (exact) mass is 269 g/mol. The molecule has 0 unspecified atom stereocenters. The number of carbonyl (C=O) groups excluding carboxylic acids is 1. The lowest BCUT2D eigenvalue weighted by Crippen LogP contribution is -2.45. The molecule has 0 spiro atoms. The molecule has 3 aliphatic rings. The summed E-state index contributed by atoms with van der Waals surface area (Å²) in [6.45, 7) is 2.30. The van der Waals surface area contributed by atoms with Crippen LogP contribution in [0.2, 0.25) is 0 Å². The van der Waals surface area contributed by atoms with Gasteiger partial charge in [0.15, 0.2) is 0 Å². The van der Waals surface area contributed by atoms with E-state index in [9.17, 15) is 14.7 Å². The second-order valence-electron chi connectivity index (χ2n) is 5.70. The first kappa shape index (κ1) is 12.9. The van der Waals surface area contributed by atoms with Gasteiger partial charge >= 0.3 is 5.97 Å². The second-order valence-corrected chi connectivity index (χ2v) is 5.70. The van der Waals surface area contributed by atoms with Gasteiger partial charge in [-0.3, -0.25) is 9.59 Å². The number of carboxylic acids is 1. The summed E-state index contributed by atoms with van der Waals surface area (Å²) in [7, 11) is 0. The zero-order chi connectivity index (χ0) is 13.5. The van der Waals surface area contributed by atoms with Crippen molar-refractivity contribution in [2.24, 2.45) is 11.3 Å². The molecule has 0 aromatic carbocycles. The largest absolute Gasteiger partial charge is 0.481 e. The van der Waals surface area contributed by atoms with Crippen molar-refractivity contribution in [3.63, 3.8) is 0 Å². The van der Waals surface area contributed by atoms with Crippen LogP contribution in [-0.2, 0) is 19.1 Å². The molecule has 3 rings (SSSR count). The Balaban J connectivity index is 1.76. The predicted molar refractivity (Wildman–Crippen MR) is 64.5 cm³/mol. The van der Waals surface area contributed by atoms with Gasteiger partial charge < -0.3 is 19.5 Å². The number of hydrogen-bond acceptors (Lipinski definition) is 4. The van der Waals surface area contributed by atoms with Gasteiger partial charge in [0, 0.05) is 32.2 Å². The summed E-state index contributed by atoms with van der Waals surface area (Å²) >= 11 is 0. The summed E-state index contributed by atoms with van der Waals surface area (Å²) in [5, 5.41) is 9.54. The highest BCUT2D eigenvalue weighted by Crippen LogP contribution is 2.42. The van der Waals surface area contributed by atoms with Crippen molar-refractivity contribution in [3.8, 4) is 0 Å². The number of ether oxygens (including phenoxy) is 2. The summed E-state index contributed by atoms with van der Waals surface area (Å²) in [5.74, 6) is -0.944. The van der Waals surface area contributed by atoms with Crippen molar-refractivity contribution < 1.29 is 24.2 Å². The lowest BCUT2D eigenvalue weighted by molar-refractivity contribution is -0.157. The molecule has 3 saturated heterocycles. The van der Waals surface area contributed by atoms with E-state index < -0.39 is 11.4 Å². The summed E-state index contributed by atoms with van der Waals surface area (Å²) in [5.41, 5.74) is -0.813. The maximum atomic E-state index is 12.3. The van der Waals surface area contributed by atoms with Crippen LogP contribution in [0.4, 0.5) is 0 Å². The van der Waals surface area contributed by atoms with Gasteiger partial charge in [-0.2, -0.15) is 0 Å². The average molecular weight is 269 g/mol. The van der Waals surface area contributed by atoms with Crippen LogP contribution in [0.5, 0.6) is 0 Å². The number of fused-ring (bicyclic) bond motifs is 1. The van der Waals surface area contributed by atoms with Crippen LogP contribution >= 0.6 is 0 Å². The predicted octanol–water partition coefficient (Wildman–Crippen LogP) is 0.115. The Morgan fingerprint density at radius 3 is 2.79 bits per heavy atom. The molecule has 19 heavy (non-hydrogen) atoms. The van der Waals surface area contributed by atoms with E-state index in [1.807, 2.05) is 0 Å². The summed E-state index contributed by atoms with van der Waals surface area (Å²) in [6.07, 6.45) is 1.77. The maximum absolute atomic E-state index is 12.3. The van der Waals surface area contributed by atoms with Crippen LogP contribution in [0.15, 0.2) is 0 Å². The SMILES string of the molecule is O=C([C@@H]1CCCO1)N1C[C@H]2COCC[C@@]2(C(=O)O)C1. The maximum Gasteiger partial charge on any atom is 0.311 e. The van der Waals surface area contributed by atoms with E-state index in [1.165, 1.54) is 0 Å². The molecule has 6 nitrogen and oxygen atoms in total. The quantitative estimate of drug-likeness (QED) is 0.770. The Labute approximate surface area is 111 Å². The van der Waals surface area contributed by atoms with Gasteiger partial charge in [0.2, 0.25) is 0 Å². The molecule has 6 heteroatoms. The van der Waals surface area contributed by atoms with Crippen molar-refractivity contribution in [1.82, 2.24) is 4.90 Å². The Morgan fingerprint density at radius 2 is 2.16 bits per heavy atom. The van der Waals surface area contributed by atoms with Crippen LogP contribution < -0.4 is 0 Å². The number of carbonyl (C=O) groups is 2. The van der Waals surface area contributed by atoms with Crippen LogP contribution in [0.1, 0.15) is 19.3 Å². The Kier molecular flexibility index (Phi) is 3.22. The molecule has 106 valence electrons. The Hall–Kier alpha value is -1.14. The zero-order valence-corrected chi connectivity index (χ0v) is 10.8. The van der Waals surface area contributed by atoms with Crippen molar-refractivity contribution in [2.75, 3.05) is 32.9 Å². The topological polar surface area (TPSA) is 76.1 Å². The molecular weight excluding hydrogens is 250 g/mol. The van der Waals surface area contributed by atoms with Crippen LogP contribution in [0.3, 0.4) is 0 Å². The minimum Gasteiger partial charge on any atom is -0.481 e. The van der Waals surface area contributed by atoms with Crippen molar-refractivity contribution in [1.29, 1.82) is 0 Å². The van der Waals surface area contributed by atoms with E-state index in [2.05, 4.69) is 0 Å². The van der Waals surface area contributed by atoms with Crippen LogP contribution in [-0.4, -0.2) is 60.9 Å². The van der Waals surface area contributed by atoms with E-state index >= 15 is 0 Å². The van der Waals surface area contributed by atoms with Crippen molar-refractivity contribution in [2.45, 2.75) is 25.4 Å². The number of hydrogen-bond donors (Lipinski definition) is 1.